The van der Waals surface area contributed by atoms with Crippen LogP contribution in [0.25, 0.3) is 0 Å². The number of rotatable bonds is 4. The van der Waals surface area contributed by atoms with Gasteiger partial charge in [-0.3, -0.25) is 0 Å². The van der Waals surface area contributed by atoms with Gasteiger partial charge in [0.15, 0.2) is 0 Å². The molecular weight excluding hydrogens is 276 g/mol. The van der Waals surface area contributed by atoms with Gasteiger partial charge >= 0.3 is 0 Å². The number of hydrogen-bond donors (Lipinski definition) is 1. The van der Waals surface area contributed by atoms with Gasteiger partial charge in [0.1, 0.15) is 0 Å². The number of nitrogens with zero attached hydrogens (tertiary/aromatic N) is 1. The fraction of sp³-hybridized carbons (Fsp3) is 0.444. The lowest BCUT2D eigenvalue weighted by atomic mass is 9.99. The lowest BCUT2D eigenvalue weighted by Gasteiger charge is -2.27. The maximum absolute atomic E-state index is 3.57. The van der Waals surface area contributed by atoms with Crippen molar-refractivity contribution < 1.29 is 0 Å². The van der Waals surface area contributed by atoms with E-state index in [2.05, 4.69) is 55.4 Å². The van der Waals surface area contributed by atoms with Gasteiger partial charge < -0.3 is 10.2 Å². The van der Waals surface area contributed by atoms with Crippen molar-refractivity contribution in [3.63, 3.8) is 0 Å². The minimum absolute atomic E-state index is 0.951. The summed E-state index contributed by atoms with van der Waals surface area (Å²) in [6.07, 6.45) is 2.49. The molecule has 0 fully saturated rings. The first-order valence-corrected chi connectivity index (χ1v) is 8.54. The lowest BCUT2D eigenvalue weighted by molar-refractivity contribution is 0.695. The number of benzene rings is 1. The van der Waals surface area contributed by atoms with Gasteiger partial charge in [0, 0.05) is 42.1 Å². The molecule has 1 aliphatic rings. The molecule has 2 nitrogen and oxygen atoms in total. The van der Waals surface area contributed by atoms with Crippen LogP contribution in [0.5, 0.6) is 0 Å². The van der Waals surface area contributed by atoms with E-state index in [1.165, 1.54) is 51.5 Å². The standard InChI is InChI=1S/C18H24N2S/c1-13-9-17(21-14(13)2)12-19-11-15-6-7-18-16(10-15)5-4-8-20(18)3/h6-7,9-10,19H,4-5,8,11-12H2,1-3H3. The van der Waals surface area contributed by atoms with Crippen LogP contribution in [-0.2, 0) is 19.5 Å². The predicted octanol–water partition coefficient (Wildman–Crippen LogP) is 4.04. The Kier molecular flexibility index (Phi) is 4.32. The summed E-state index contributed by atoms with van der Waals surface area (Å²) in [6, 6.07) is 9.22. The Hall–Kier alpha value is -1.32. The highest BCUT2D eigenvalue weighted by molar-refractivity contribution is 7.12. The van der Waals surface area contributed by atoms with Crippen LogP contribution in [0, 0.1) is 13.8 Å². The third-order valence-corrected chi connectivity index (χ3v) is 5.49. The van der Waals surface area contributed by atoms with E-state index in [9.17, 15) is 0 Å². The van der Waals surface area contributed by atoms with E-state index in [1.807, 2.05) is 11.3 Å². The SMILES string of the molecule is Cc1cc(CNCc2ccc3c(c2)CCCN3C)sc1C. The average molecular weight is 300 g/mol. The highest BCUT2D eigenvalue weighted by Crippen LogP contribution is 2.27. The van der Waals surface area contributed by atoms with Gasteiger partial charge in [-0.1, -0.05) is 12.1 Å². The van der Waals surface area contributed by atoms with Crippen molar-refractivity contribution in [1.82, 2.24) is 5.32 Å². The number of nitrogens with one attached hydrogen (secondary N) is 1. The lowest BCUT2D eigenvalue weighted by Crippen LogP contribution is -2.24. The number of thiophene rings is 1. The van der Waals surface area contributed by atoms with Crippen molar-refractivity contribution in [1.29, 1.82) is 0 Å². The molecule has 3 heteroatoms. The summed E-state index contributed by atoms with van der Waals surface area (Å²) in [5.41, 5.74) is 5.73. The van der Waals surface area contributed by atoms with Gasteiger partial charge in [0.2, 0.25) is 0 Å². The zero-order chi connectivity index (χ0) is 14.8. The second-order valence-electron chi connectivity index (χ2n) is 6.04. The van der Waals surface area contributed by atoms with Crippen LogP contribution < -0.4 is 10.2 Å². The molecule has 0 spiro atoms. The van der Waals surface area contributed by atoms with E-state index in [4.69, 9.17) is 0 Å². The Morgan fingerprint density at radius 3 is 2.81 bits per heavy atom. The number of aryl methyl sites for hydroxylation is 3. The Morgan fingerprint density at radius 2 is 2.05 bits per heavy atom. The van der Waals surface area contributed by atoms with Crippen molar-refractivity contribution in [2.45, 2.75) is 39.8 Å². The fourth-order valence-corrected chi connectivity index (χ4v) is 4.04. The van der Waals surface area contributed by atoms with Crippen LogP contribution in [0.4, 0.5) is 5.69 Å². The molecule has 0 amide bonds. The van der Waals surface area contributed by atoms with Crippen LogP contribution in [0.2, 0.25) is 0 Å². The van der Waals surface area contributed by atoms with Gasteiger partial charge in [-0.2, -0.15) is 0 Å². The molecule has 1 N–H and O–H groups in total. The van der Waals surface area contributed by atoms with Gasteiger partial charge in [-0.05, 0) is 55.5 Å². The summed E-state index contributed by atoms with van der Waals surface area (Å²) in [5, 5.41) is 3.57. The zero-order valence-corrected chi connectivity index (χ0v) is 14.0. The first kappa shape index (κ1) is 14.6. The monoisotopic (exact) mass is 300 g/mol. The van der Waals surface area contributed by atoms with Crippen molar-refractivity contribution in [2.75, 3.05) is 18.5 Å². The normalized spacial score (nSPS) is 14.3. The molecule has 0 unspecified atom stereocenters. The molecule has 0 aliphatic carbocycles. The van der Waals surface area contributed by atoms with Gasteiger partial charge in [-0.25, -0.2) is 0 Å². The topological polar surface area (TPSA) is 15.3 Å². The summed E-state index contributed by atoms with van der Waals surface area (Å²) in [4.78, 5) is 5.24. The number of fused-ring (bicyclic) bond motifs is 1. The first-order chi connectivity index (χ1) is 10.1. The summed E-state index contributed by atoms with van der Waals surface area (Å²) in [5.74, 6) is 0. The molecule has 1 aromatic carbocycles. The second-order valence-corrected chi connectivity index (χ2v) is 7.38. The quantitative estimate of drug-likeness (QED) is 0.917. The molecule has 0 saturated heterocycles. The van der Waals surface area contributed by atoms with Crippen LogP contribution in [-0.4, -0.2) is 13.6 Å². The predicted molar refractivity (Wildman–Crippen MR) is 92.4 cm³/mol. The third-order valence-electron chi connectivity index (χ3n) is 4.34. The smallest absolute Gasteiger partial charge is 0.0396 e. The average Bonchev–Trinajstić information content (AvgIpc) is 2.78. The molecule has 1 aromatic heterocycles. The van der Waals surface area contributed by atoms with Crippen LogP contribution in [0.15, 0.2) is 24.3 Å². The van der Waals surface area contributed by atoms with Gasteiger partial charge in [0.05, 0.1) is 0 Å². The molecule has 3 rings (SSSR count). The molecular formula is C18H24N2S. The maximum Gasteiger partial charge on any atom is 0.0396 e. The third kappa shape index (κ3) is 3.30. The fourth-order valence-electron chi connectivity index (χ4n) is 3.02. The number of hydrogen-bond acceptors (Lipinski definition) is 3. The molecule has 1 aliphatic heterocycles. The van der Waals surface area contributed by atoms with Crippen LogP contribution >= 0.6 is 11.3 Å². The number of anilines is 1. The molecule has 0 atom stereocenters. The molecule has 2 heterocycles. The minimum atomic E-state index is 0.951. The maximum atomic E-state index is 3.57. The molecule has 0 radical (unpaired) electrons. The Morgan fingerprint density at radius 1 is 1.19 bits per heavy atom. The van der Waals surface area contributed by atoms with Gasteiger partial charge in [0.25, 0.3) is 0 Å². The van der Waals surface area contributed by atoms with Gasteiger partial charge in [-0.15, -0.1) is 11.3 Å². The first-order valence-electron chi connectivity index (χ1n) is 7.73. The highest BCUT2D eigenvalue weighted by atomic mass is 32.1. The minimum Gasteiger partial charge on any atom is -0.374 e. The zero-order valence-electron chi connectivity index (χ0n) is 13.2. The van der Waals surface area contributed by atoms with Crippen LogP contribution in [0.3, 0.4) is 0 Å². The Balaban J connectivity index is 1.60. The van der Waals surface area contributed by atoms with E-state index >= 15 is 0 Å². The summed E-state index contributed by atoms with van der Waals surface area (Å²) in [7, 11) is 2.19. The second kappa shape index (κ2) is 6.20. The van der Waals surface area contributed by atoms with Crippen molar-refractivity contribution >= 4 is 17.0 Å². The molecule has 21 heavy (non-hydrogen) atoms. The van der Waals surface area contributed by atoms with Crippen LogP contribution in [0.1, 0.15) is 32.9 Å². The van der Waals surface area contributed by atoms with E-state index in [0.29, 0.717) is 0 Å². The summed E-state index contributed by atoms with van der Waals surface area (Å²) < 4.78 is 0. The highest BCUT2D eigenvalue weighted by Gasteiger charge is 2.13. The van der Waals surface area contributed by atoms with E-state index < -0.39 is 0 Å². The van der Waals surface area contributed by atoms with Crippen molar-refractivity contribution in [3.05, 3.63) is 50.7 Å². The molecule has 112 valence electrons. The van der Waals surface area contributed by atoms with E-state index in [0.717, 1.165) is 13.1 Å². The Bertz CT molecular complexity index is 611. The molecule has 0 saturated carbocycles. The summed E-state index contributed by atoms with van der Waals surface area (Å²) in [6.45, 7) is 7.49. The van der Waals surface area contributed by atoms with E-state index in [1.54, 1.807) is 0 Å². The van der Waals surface area contributed by atoms with Crippen molar-refractivity contribution in [2.24, 2.45) is 0 Å². The Labute approximate surface area is 131 Å². The molecule has 0 bridgehead atoms. The molecule has 2 aromatic rings. The van der Waals surface area contributed by atoms with E-state index in [-0.39, 0.29) is 0 Å². The largest absolute Gasteiger partial charge is 0.374 e. The van der Waals surface area contributed by atoms with Crippen molar-refractivity contribution in [3.8, 4) is 0 Å². The summed E-state index contributed by atoms with van der Waals surface area (Å²) >= 11 is 1.90.